The zero-order chi connectivity index (χ0) is 21.8. The van der Waals surface area contributed by atoms with E-state index >= 15 is 0 Å². The summed E-state index contributed by atoms with van der Waals surface area (Å²) in [6.45, 7) is 5.14. The first kappa shape index (κ1) is 21.3. The molecule has 0 aliphatic rings. The number of esters is 2. The third-order valence-electron chi connectivity index (χ3n) is 4.24. The molecule has 1 amide bonds. The molecule has 2 aromatic heterocycles. The van der Waals surface area contributed by atoms with Gasteiger partial charge in [-0.25, -0.2) is 9.59 Å². The van der Waals surface area contributed by atoms with E-state index in [1.165, 1.54) is 0 Å². The first-order valence-corrected chi connectivity index (χ1v) is 10.00. The topological polar surface area (TPSA) is 112 Å². The Bertz CT molecular complexity index is 1190. The van der Waals surface area contributed by atoms with Gasteiger partial charge in [0, 0.05) is 0 Å². The van der Waals surface area contributed by atoms with Crippen molar-refractivity contribution >= 4 is 45.2 Å². The van der Waals surface area contributed by atoms with Crippen LogP contribution in [0, 0.1) is 6.92 Å². The van der Waals surface area contributed by atoms with Gasteiger partial charge in [0.1, 0.15) is 27.3 Å². The second-order valence-corrected chi connectivity index (χ2v) is 7.15. The smallest absolute Gasteiger partial charge is 0.348 e. The molecule has 1 aromatic carbocycles. The van der Waals surface area contributed by atoms with E-state index in [1.54, 1.807) is 45.0 Å². The van der Waals surface area contributed by atoms with Crippen LogP contribution in [0.15, 0.2) is 39.7 Å². The number of rotatable bonds is 6. The number of para-hydroxylation sites is 1. The highest BCUT2D eigenvalue weighted by molar-refractivity contribution is 7.18. The van der Waals surface area contributed by atoms with E-state index in [-0.39, 0.29) is 39.6 Å². The maximum Gasteiger partial charge on any atom is 0.348 e. The molecule has 0 bridgehead atoms. The number of hydrogen-bond donors (Lipinski definition) is 1. The number of carbonyl (C=O) groups is 3. The molecule has 8 nitrogen and oxygen atoms in total. The monoisotopic (exact) mass is 429 g/mol. The summed E-state index contributed by atoms with van der Waals surface area (Å²) in [7, 11) is 0. The van der Waals surface area contributed by atoms with Gasteiger partial charge in [-0.3, -0.25) is 9.59 Å². The Morgan fingerprint density at radius 2 is 1.73 bits per heavy atom. The molecule has 30 heavy (non-hydrogen) atoms. The van der Waals surface area contributed by atoms with Crippen molar-refractivity contribution in [3.05, 3.63) is 62.3 Å². The molecule has 156 valence electrons. The van der Waals surface area contributed by atoms with Gasteiger partial charge in [-0.2, -0.15) is 0 Å². The summed E-state index contributed by atoms with van der Waals surface area (Å²) in [4.78, 5) is 50.3. The van der Waals surface area contributed by atoms with Crippen molar-refractivity contribution in [2.24, 2.45) is 0 Å². The molecule has 9 heteroatoms. The van der Waals surface area contributed by atoms with Crippen LogP contribution in [0.5, 0.6) is 0 Å². The fourth-order valence-electron chi connectivity index (χ4n) is 2.85. The minimum atomic E-state index is -0.767. The fraction of sp³-hybridized carbons (Fsp3) is 0.238. The van der Waals surface area contributed by atoms with Crippen molar-refractivity contribution in [3.8, 4) is 0 Å². The molecule has 3 rings (SSSR count). The van der Waals surface area contributed by atoms with Crippen molar-refractivity contribution in [2.75, 3.05) is 18.5 Å². The highest BCUT2D eigenvalue weighted by Gasteiger charge is 2.28. The number of benzene rings is 1. The maximum atomic E-state index is 12.8. The first-order chi connectivity index (χ1) is 14.4. The van der Waals surface area contributed by atoms with Crippen LogP contribution in [-0.2, 0) is 9.47 Å². The summed E-state index contributed by atoms with van der Waals surface area (Å²) in [5.41, 5.74) is -0.0119. The van der Waals surface area contributed by atoms with Crippen LogP contribution in [0.25, 0.3) is 11.0 Å². The van der Waals surface area contributed by atoms with E-state index in [0.717, 1.165) is 17.6 Å². The lowest BCUT2D eigenvalue weighted by molar-refractivity contribution is 0.0527. The zero-order valence-corrected chi connectivity index (χ0v) is 17.4. The van der Waals surface area contributed by atoms with Gasteiger partial charge in [0.15, 0.2) is 0 Å². The molecule has 2 heterocycles. The number of ether oxygens (including phenoxy) is 2. The number of carbonyl (C=O) groups excluding carboxylic acids is 3. The second-order valence-electron chi connectivity index (χ2n) is 6.13. The number of nitrogens with one attached hydrogen (secondary N) is 1. The second kappa shape index (κ2) is 8.91. The van der Waals surface area contributed by atoms with Crippen molar-refractivity contribution in [1.82, 2.24) is 0 Å². The number of hydrogen-bond acceptors (Lipinski definition) is 8. The molecule has 0 saturated carbocycles. The van der Waals surface area contributed by atoms with Crippen molar-refractivity contribution in [3.63, 3.8) is 0 Å². The van der Waals surface area contributed by atoms with Crippen LogP contribution >= 0.6 is 11.3 Å². The van der Waals surface area contributed by atoms with Gasteiger partial charge in [-0.15, -0.1) is 11.3 Å². The minimum Gasteiger partial charge on any atom is -0.463 e. The van der Waals surface area contributed by atoms with Crippen LogP contribution in [0.1, 0.15) is 49.8 Å². The van der Waals surface area contributed by atoms with E-state index in [0.29, 0.717) is 11.1 Å². The predicted molar refractivity (Wildman–Crippen MR) is 111 cm³/mol. The number of amides is 1. The molecule has 0 radical (unpaired) electrons. The number of thiophene rings is 1. The molecule has 0 aliphatic carbocycles. The Hall–Kier alpha value is -3.46. The summed E-state index contributed by atoms with van der Waals surface area (Å²) >= 11 is 0.881. The summed E-state index contributed by atoms with van der Waals surface area (Å²) in [5, 5.41) is 2.89. The average molecular weight is 429 g/mol. The van der Waals surface area contributed by atoms with Gasteiger partial charge < -0.3 is 19.2 Å². The molecule has 1 N–H and O–H groups in total. The molecular formula is C21H19NO7S. The molecule has 0 atom stereocenters. The molecule has 0 spiro atoms. The van der Waals surface area contributed by atoms with Gasteiger partial charge in [0.25, 0.3) is 5.91 Å². The molecule has 0 saturated heterocycles. The first-order valence-electron chi connectivity index (χ1n) is 9.18. The van der Waals surface area contributed by atoms with Crippen LogP contribution in [0.4, 0.5) is 5.00 Å². The molecule has 0 unspecified atom stereocenters. The SMILES string of the molecule is CCOC(=O)c1sc(NC(=O)c2coc3ccccc3c2=O)c(C(=O)OCC)c1C. The standard InChI is InChI=1S/C21H19NO7S/c1-4-27-20(25)15-11(3)17(21(26)28-5-2)30-19(15)22-18(24)13-10-29-14-9-7-6-8-12(14)16(13)23/h6-10H,4-5H2,1-3H3,(H,22,24). The summed E-state index contributed by atoms with van der Waals surface area (Å²) in [6, 6.07) is 6.54. The Kier molecular flexibility index (Phi) is 6.31. The van der Waals surface area contributed by atoms with Gasteiger partial charge in [-0.05, 0) is 38.5 Å². The van der Waals surface area contributed by atoms with Gasteiger partial charge in [0.2, 0.25) is 5.43 Å². The Labute approximate surface area is 175 Å². The van der Waals surface area contributed by atoms with Gasteiger partial charge in [0.05, 0.1) is 24.2 Å². The molecule has 3 aromatic rings. The zero-order valence-electron chi connectivity index (χ0n) is 16.6. The van der Waals surface area contributed by atoms with E-state index in [9.17, 15) is 19.2 Å². The van der Waals surface area contributed by atoms with Crippen molar-refractivity contribution < 1.29 is 28.3 Å². The Balaban J connectivity index is 2.03. The van der Waals surface area contributed by atoms with Crippen LogP contribution in [0.2, 0.25) is 0 Å². The number of fused-ring (bicyclic) bond motifs is 1. The van der Waals surface area contributed by atoms with Gasteiger partial charge in [-0.1, -0.05) is 12.1 Å². The summed E-state index contributed by atoms with van der Waals surface area (Å²) in [6.07, 6.45) is 1.07. The summed E-state index contributed by atoms with van der Waals surface area (Å²) < 4.78 is 15.4. The lowest BCUT2D eigenvalue weighted by atomic mass is 10.1. The highest BCUT2D eigenvalue weighted by Crippen LogP contribution is 2.34. The average Bonchev–Trinajstić information content (AvgIpc) is 3.04. The third-order valence-corrected chi connectivity index (χ3v) is 5.43. The molecule has 0 fully saturated rings. The number of anilines is 1. The maximum absolute atomic E-state index is 12.8. The quantitative estimate of drug-likeness (QED) is 0.594. The summed E-state index contributed by atoms with van der Waals surface area (Å²) in [5.74, 6) is -2.07. The van der Waals surface area contributed by atoms with Gasteiger partial charge >= 0.3 is 11.9 Å². The largest absolute Gasteiger partial charge is 0.463 e. The third kappa shape index (κ3) is 3.97. The highest BCUT2D eigenvalue weighted by atomic mass is 32.1. The molecule has 0 aliphatic heterocycles. The van der Waals surface area contributed by atoms with E-state index in [4.69, 9.17) is 13.9 Å². The minimum absolute atomic E-state index is 0.0448. The van der Waals surface area contributed by atoms with Crippen LogP contribution < -0.4 is 10.7 Å². The Morgan fingerprint density at radius 3 is 2.43 bits per heavy atom. The molecular weight excluding hydrogens is 410 g/mol. The van der Waals surface area contributed by atoms with Crippen molar-refractivity contribution in [1.29, 1.82) is 0 Å². The van der Waals surface area contributed by atoms with Crippen LogP contribution in [-0.4, -0.2) is 31.1 Å². The van der Waals surface area contributed by atoms with E-state index in [1.807, 2.05) is 0 Å². The van der Waals surface area contributed by atoms with Crippen molar-refractivity contribution in [2.45, 2.75) is 20.8 Å². The van der Waals surface area contributed by atoms with E-state index < -0.39 is 23.3 Å². The predicted octanol–water partition coefficient (Wildman–Crippen LogP) is 3.77. The van der Waals surface area contributed by atoms with Crippen LogP contribution in [0.3, 0.4) is 0 Å². The van der Waals surface area contributed by atoms with E-state index in [2.05, 4.69) is 5.32 Å². The Morgan fingerprint density at radius 1 is 1.07 bits per heavy atom. The lowest BCUT2D eigenvalue weighted by Gasteiger charge is -2.07. The fourth-order valence-corrected chi connectivity index (χ4v) is 3.93. The normalized spacial score (nSPS) is 10.6. The lowest BCUT2D eigenvalue weighted by Crippen LogP contribution is -2.22.